The van der Waals surface area contributed by atoms with E-state index in [1.165, 1.54) is 18.2 Å². The van der Waals surface area contributed by atoms with Crippen LogP contribution in [0.15, 0.2) is 48.0 Å². The molecule has 3 rings (SSSR count). The van der Waals surface area contributed by atoms with E-state index in [9.17, 15) is 4.79 Å². The van der Waals surface area contributed by atoms with Crippen molar-refractivity contribution in [2.45, 2.75) is 32.9 Å². The van der Waals surface area contributed by atoms with Crippen molar-refractivity contribution in [2.24, 2.45) is 10.9 Å². The van der Waals surface area contributed by atoms with E-state index in [4.69, 9.17) is 9.73 Å². The number of aliphatic imine (C=N–C) groups is 1. The van der Waals surface area contributed by atoms with Crippen LogP contribution in [0.2, 0.25) is 0 Å². The van der Waals surface area contributed by atoms with Gasteiger partial charge >= 0.3 is 5.97 Å². The molecule has 1 saturated heterocycles. The summed E-state index contributed by atoms with van der Waals surface area (Å²) in [6.45, 7) is 5.97. The second kappa shape index (κ2) is 11.8. The fraction of sp³-hybridized carbons (Fsp3) is 0.476. The third kappa shape index (κ3) is 6.73. The number of esters is 1. The van der Waals surface area contributed by atoms with Crippen LogP contribution >= 0.6 is 24.0 Å². The molecule has 0 saturated carbocycles. The van der Waals surface area contributed by atoms with E-state index in [-0.39, 0.29) is 35.9 Å². The molecule has 1 N–H and O–H groups in total. The summed E-state index contributed by atoms with van der Waals surface area (Å²) in [6, 6.07) is 8.53. The highest BCUT2D eigenvalue weighted by atomic mass is 127. The number of piperidine rings is 1. The van der Waals surface area contributed by atoms with Crippen molar-refractivity contribution in [2.75, 3.05) is 26.7 Å². The maximum atomic E-state index is 11.7. The lowest BCUT2D eigenvalue weighted by Crippen LogP contribution is -2.46. The molecule has 0 spiro atoms. The van der Waals surface area contributed by atoms with Gasteiger partial charge in [0, 0.05) is 38.6 Å². The largest absolute Gasteiger partial charge is 0.469 e. The minimum absolute atomic E-state index is 0. The minimum Gasteiger partial charge on any atom is -0.469 e. The number of carbonyl (C=O) groups excluding carboxylic acids is 1. The number of imidazole rings is 1. The number of carbonyl (C=O) groups is 1. The SMILES string of the molecule is CCNC(=NCc1ccc(Cn2ccnc2)cc1)N1CCC(C(=O)OC)CC1.I. The Morgan fingerprint density at radius 2 is 1.93 bits per heavy atom. The number of likely N-dealkylation sites (tertiary alicyclic amines) is 1. The second-order valence-corrected chi connectivity index (χ2v) is 7.01. The smallest absolute Gasteiger partial charge is 0.308 e. The van der Waals surface area contributed by atoms with E-state index in [0.29, 0.717) is 6.54 Å². The van der Waals surface area contributed by atoms with Crippen LogP contribution in [0.5, 0.6) is 0 Å². The van der Waals surface area contributed by atoms with E-state index in [0.717, 1.165) is 45.0 Å². The number of aromatic nitrogens is 2. The Morgan fingerprint density at radius 3 is 2.52 bits per heavy atom. The molecule has 0 bridgehead atoms. The first kappa shape index (κ1) is 23.2. The van der Waals surface area contributed by atoms with Gasteiger partial charge in [0.05, 0.1) is 25.9 Å². The minimum atomic E-state index is -0.0997. The zero-order valence-electron chi connectivity index (χ0n) is 17.1. The number of nitrogens with zero attached hydrogens (tertiary/aromatic N) is 4. The molecule has 1 fully saturated rings. The summed E-state index contributed by atoms with van der Waals surface area (Å²) in [7, 11) is 1.46. The molecule has 2 aromatic rings. The van der Waals surface area contributed by atoms with E-state index in [2.05, 4.69) is 46.4 Å². The topological polar surface area (TPSA) is 71.8 Å². The van der Waals surface area contributed by atoms with Gasteiger partial charge in [0.15, 0.2) is 5.96 Å². The van der Waals surface area contributed by atoms with Crippen molar-refractivity contribution in [1.82, 2.24) is 19.8 Å². The van der Waals surface area contributed by atoms with Crippen LogP contribution in [-0.4, -0.2) is 53.1 Å². The summed E-state index contributed by atoms with van der Waals surface area (Å²) >= 11 is 0. The van der Waals surface area contributed by atoms with Gasteiger partial charge in [0.25, 0.3) is 0 Å². The molecule has 0 amide bonds. The quantitative estimate of drug-likeness (QED) is 0.280. The molecule has 0 aliphatic carbocycles. The molecule has 1 aromatic carbocycles. The van der Waals surface area contributed by atoms with E-state index < -0.39 is 0 Å². The lowest BCUT2D eigenvalue weighted by Gasteiger charge is -2.33. The highest BCUT2D eigenvalue weighted by Crippen LogP contribution is 2.18. The summed E-state index contributed by atoms with van der Waals surface area (Å²) in [4.78, 5) is 22.8. The highest BCUT2D eigenvalue weighted by Gasteiger charge is 2.26. The van der Waals surface area contributed by atoms with Gasteiger partial charge in [0.1, 0.15) is 0 Å². The fourth-order valence-electron chi connectivity index (χ4n) is 3.43. The molecule has 0 unspecified atom stereocenters. The van der Waals surface area contributed by atoms with Gasteiger partial charge in [-0.15, -0.1) is 24.0 Å². The van der Waals surface area contributed by atoms with Gasteiger partial charge in [-0.2, -0.15) is 0 Å². The lowest BCUT2D eigenvalue weighted by molar-refractivity contribution is -0.146. The maximum Gasteiger partial charge on any atom is 0.308 e. The zero-order chi connectivity index (χ0) is 19.8. The number of hydrogen-bond acceptors (Lipinski definition) is 4. The van der Waals surface area contributed by atoms with Crippen LogP contribution < -0.4 is 5.32 Å². The van der Waals surface area contributed by atoms with Crippen molar-refractivity contribution in [1.29, 1.82) is 0 Å². The lowest BCUT2D eigenvalue weighted by atomic mass is 9.97. The predicted molar refractivity (Wildman–Crippen MR) is 124 cm³/mol. The first-order valence-electron chi connectivity index (χ1n) is 9.84. The third-order valence-electron chi connectivity index (χ3n) is 5.02. The first-order valence-corrected chi connectivity index (χ1v) is 9.84. The van der Waals surface area contributed by atoms with Crippen molar-refractivity contribution in [3.05, 3.63) is 54.1 Å². The highest BCUT2D eigenvalue weighted by molar-refractivity contribution is 14.0. The van der Waals surface area contributed by atoms with Crippen LogP contribution in [0.1, 0.15) is 30.9 Å². The van der Waals surface area contributed by atoms with Gasteiger partial charge in [-0.05, 0) is 30.9 Å². The first-order chi connectivity index (χ1) is 13.7. The van der Waals surface area contributed by atoms with E-state index >= 15 is 0 Å². The Labute approximate surface area is 189 Å². The number of benzene rings is 1. The van der Waals surface area contributed by atoms with E-state index in [1.807, 2.05) is 17.1 Å². The number of ether oxygens (including phenoxy) is 1. The van der Waals surface area contributed by atoms with Crippen molar-refractivity contribution in [3.63, 3.8) is 0 Å². The van der Waals surface area contributed by atoms with Gasteiger partial charge in [-0.1, -0.05) is 24.3 Å². The number of rotatable bonds is 6. The summed E-state index contributed by atoms with van der Waals surface area (Å²) in [5.41, 5.74) is 2.41. The molecule has 8 heteroatoms. The van der Waals surface area contributed by atoms with Crippen LogP contribution in [-0.2, 0) is 22.6 Å². The molecule has 0 radical (unpaired) electrons. The second-order valence-electron chi connectivity index (χ2n) is 7.01. The molecule has 1 aromatic heterocycles. The van der Waals surface area contributed by atoms with Crippen LogP contribution in [0.25, 0.3) is 0 Å². The number of guanidine groups is 1. The average Bonchev–Trinajstić information content (AvgIpc) is 3.25. The van der Waals surface area contributed by atoms with Gasteiger partial charge in [-0.3, -0.25) is 4.79 Å². The Bertz CT molecular complexity index is 769. The maximum absolute atomic E-state index is 11.7. The number of nitrogens with one attached hydrogen (secondary N) is 1. The summed E-state index contributed by atoms with van der Waals surface area (Å²) in [5, 5.41) is 3.37. The van der Waals surface area contributed by atoms with E-state index in [1.54, 1.807) is 6.20 Å². The Hall–Kier alpha value is -2.10. The molecule has 1 aliphatic rings. The Balaban J connectivity index is 0.00000300. The van der Waals surface area contributed by atoms with Crippen LogP contribution in [0.3, 0.4) is 0 Å². The molecule has 0 atom stereocenters. The molecule has 29 heavy (non-hydrogen) atoms. The fourth-order valence-corrected chi connectivity index (χ4v) is 3.43. The molecule has 7 nitrogen and oxygen atoms in total. The molecule has 2 heterocycles. The van der Waals surface area contributed by atoms with Crippen LogP contribution in [0.4, 0.5) is 0 Å². The normalized spacial score (nSPS) is 15.0. The van der Waals surface area contributed by atoms with Crippen molar-refractivity contribution >= 4 is 35.9 Å². The molecule has 158 valence electrons. The standard InChI is InChI=1S/C21H29N5O2.HI/c1-3-23-21(26-11-8-19(9-12-26)20(27)28-2)24-14-17-4-6-18(7-5-17)15-25-13-10-22-16-25;/h4-7,10,13,16,19H,3,8-9,11-12,14-15H2,1-2H3,(H,23,24);1H. The monoisotopic (exact) mass is 511 g/mol. The third-order valence-corrected chi connectivity index (χ3v) is 5.02. The number of hydrogen-bond donors (Lipinski definition) is 1. The van der Waals surface area contributed by atoms with Crippen molar-refractivity contribution in [3.8, 4) is 0 Å². The van der Waals surface area contributed by atoms with Gasteiger partial charge in [0.2, 0.25) is 0 Å². The number of halogens is 1. The summed E-state index contributed by atoms with van der Waals surface area (Å²) in [5.74, 6) is 0.817. The summed E-state index contributed by atoms with van der Waals surface area (Å²) in [6.07, 6.45) is 7.19. The van der Waals surface area contributed by atoms with Gasteiger partial charge < -0.3 is 19.5 Å². The predicted octanol–water partition coefficient (Wildman–Crippen LogP) is 2.90. The molecular weight excluding hydrogens is 481 g/mol. The van der Waals surface area contributed by atoms with Crippen molar-refractivity contribution < 1.29 is 9.53 Å². The van der Waals surface area contributed by atoms with Crippen LogP contribution in [0, 0.1) is 5.92 Å². The molecule has 1 aliphatic heterocycles. The Kier molecular flexibility index (Phi) is 9.43. The van der Waals surface area contributed by atoms with Gasteiger partial charge in [-0.25, -0.2) is 9.98 Å². The zero-order valence-corrected chi connectivity index (χ0v) is 19.4. The Morgan fingerprint density at radius 1 is 1.24 bits per heavy atom. The summed E-state index contributed by atoms with van der Waals surface area (Å²) < 4.78 is 6.92. The molecular formula is C21H30IN5O2. The average molecular weight is 511 g/mol. The number of methoxy groups -OCH3 is 1.